The third-order valence-electron chi connectivity index (χ3n) is 4.25. The number of benzene rings is 2. The van der Waals surface area contributed by atoms with Crippen LogP contribution < -0.4 is 4.74 Å². The van der Waals surface area contributed by atoms with Gasteiger partial charge in [-0.3, -0.25) is 0 Å². The van der Waals surface area contributed by atoms with Crippen molar-refractivity contribution in [1.82, 2.24) is 9.55 Å². The van der Waals surface area contributed by atoms with Crippen molar-refractivity contribution in [3.63, 3.8) is 0 Å². The fourth-order valence-electron chi connectivity index (χ4n) is 3.05. The van der Waals surface area contributed by atoms with E-state index in [9.17, 15) is 0 Å². The third kappa shape index (κ3) is 2.85. The van der Waals surface area contributed by atoms with E-state index in [1.165, 1.54) is 10.9 Å². The molecule has 0 saturated heterocycles. The first kappa shape index (κ1) is 14.8. The monoisotopic (exact) mass is 316 g/mol. The number of hydrogen-bond donors (Lipinski definition) is 0. The lowest BCUT2D eigenvalue weighted by Crippen LogP contribution is -1.98. The van der Waals surface area contributed by atoms with Crippen molar-refractivity contribution < 1.29 is 4.74 Å². The van der Waals surface area contributed by atoms with Crippen LogP contribution in [0.2, 0.25) is 0 Å². The number of hydrogen-bond acceptors (Lipinski definition) is 2. The Bertz CT molecular complexity index is 987. The molecular formula is C21H20N2O. The molecule has 120 valence electrons. The molecule has 24 heavy (non-hydrogen) atoms. The minimum atomic E-state index is 0.478. The summed E-state index contributed by atoms with van der Waals surface area (Å²) in [4.78, 5) is 4.65. The van der Waals surface area contributed by atoms with Crippen molar-refractivity contribution in [3.05, 3.63) is 72.6 Å². The summed E-state index contributed by atoms with van der Waals surface area (Å²) in [6.45, 7) is 3.72. The molecule has 2 aromatic carbocycles. The first-order valence-corrected chi connectivity index (χ1v) is 8.40. The number of aromatic nitrogens is 2. The number of fused-ring (bicyclic) bond motifs is 2. The summed E-state index contributed by atoms with van der Waals surface area (Å²) in [6.07, 6.45) is 3.28. The van der Waals surface area contributed by atoms with Gasteiger partial charge >= 0.3 is 0 Å². The molecule has 0 atom stereocenters. The van der Waals surface area contributed by atoms with E-state index in [4.69, 9.17) is 4.74 Å². The first-order chi connectivity index (χ1) is 11.8. The molecule has 0 aliphatic rings. The maximum Gasteiger partial charge on any atom is 0.130 e. The average Bonchev–Trinajstić information content (AvgIpc) is 3.02. The van der Waals surface area contributed by atoms with E-state index in [0.29, 0.717) is 6.61 Å². The summed E-state index contributed by atoms with van der Waals surface area (Å²) in [5.74, 6) is 0.881. The largest absolute Gasteiger partial charge is 0.487 e. The van der Waals surface area contributed by atoms with E-state index in [1.807, 2.05) is 30.3 Å². The molecule has 3 heteroatoms. The van der Waals surface area contributed by atoms with Crippen LogP contribution in [0.1, 0.15) is 19.0 Å². The normalized spacial score (nSPS) is 11.2. The van der Waals surface area contributed by atoms with Gasteiger partial charge in [0.1, 0.15) is 12.4 Å². The lowest BCUT2D eigenvalue weighted by Gasteiger charge is -2.08. The maximum absolute atomic E-state index is 5.95. The molecule has 0 unspecified atom stereocenters. The van der Waals surface area contributed by atoms with Gasteiger partial charge in [-0.25, -0.2) is 4.98 Å². The van der Waals surface area contributed by atoms with Gasteiger partial charge < -0.3 is 9.30 Å². The summed E-state index contributed by atoms with van der Waals surface area (Å²) >= 11 is 0. The number of nitrogens with zero attached hydrogens (tertiary/aromatic N) is 2. The van der Waals surface area contributed by atoms with E-state index >= 15 is 0 Å². The Morgan fingerprint density at radius 3 is 2.79 bits per heavy atom. The van der Waals surface area contributed by atoms with Gasteiger partial charge in [0.15, 0.2) is 0 Å². The van der Waals surface area contributed by atoms with E-state index in [1.54, 1.807) is 0 Å². The maximum atomic E-state index is 5.95. The van der Waals surface area contributed by atoms with Gasteiger partial charge in [0, 0.05) is 29.0 Å². The van der Waals surface area contributed by atoms with Gasteiger partial charge in [0.25, 0.3) is 0 Å². The highest BCUT2D eigenvalue weighted by molar-refractivity contribution is 5.81. The van der Waals surface area contributed by atoms with Gasteiger partial charge in [-0.1, -0.05) is 31.2 Å². The van der Waals surface area contributed by atoms with Crippen molar-refractivity contribution in [3.8, 4) is 5.75 Å². The van der Waals surface area contributed by atoms with Crippen molar-refractivity contribution in [2.24, 2.45) is 0 Å². The van der Waals surface area contributed by atoms with E-state index in [0.717, 1.165) is 35.3 Å². The molecule has 4 aromatic rings. The molecule has 0 radical (unpaired) electrons. The highest BCUT2D eigenvalue weighted by Gasteiger charge is 2.04. The van der Waals surface area contributed by atoms with Crippen molar-refractivity contribution in [2.45, 2.75) is 26.5 Å². The summed E-state index contributed by atoms with van der Waals surface area (Å²) in [6, 6.07) is 20.7. The third-order valence-corrected chi connectivity index (χ3v) is 4.25. The van der Waals surface area contributed by atoms with Crippen LogP contribution in [-0.2, 0) is 13.2 Å². The zero-order valence-corrected chi connectivity index (χ0v) is 13.8. The molecular weight excluding hydrogens is 296 g/mol. The molecule has 0 saturated carbocycles. The standard InChI is InChI=1S/C21H20N2O/c1-2-12-23-13-11-17-14-19(9-10-21(17)23)24-15-18-8-7-16-5-3-4-6-20(16)22-18/h3-11,13-14H,2,12,15H2,1H3. The molecule has 4 rings (SSSR count). The zero-order chi connectivity index (χ0) is 16.4. The van der Waals surface area contributed by atoms with Crippen LogP contribution in [0.3, 0.4) is 0 Å². The second-order valence-electron chi connectivity index (χ2n) is 6.01. The van der Waals surface area contributed by atoms with Gasteiger partial charge in [-0.2, -0.15) is 0 Å². The fourth-order valence-corrected chi connectivity index (χ4v) is 3.05. The Morgan fingerprint density at radius 1 is 0.958 bits per heavy atom. The highest BCUT2D eigenvalue weighted by Crippen LogP contribution is 2.23. The number of para-hydroxylation sites is 1. The smallest absolute Gasteiger partial charge is 0.130 e. The summed E-state index contributed by atoms with van der Waals surface area (Å²) in [7, 11) is 0. The fraction of sp³-hybridized carbons (Fsp3) is 0.190. The van der Waals surface area contributed by atoms with Crippen molar-refractivity contribution in [2.75, 3.05) is 0 Å². The van der Waals surface area contributed by atoms with Crippen LogP contribution in [0.5, 0.6) is 5.75 Å². The molecule has 0 fully saturated rings. The molecule has 0 N–H and O–H groups in total. The number of ether oxygens (including phenoxy) is 1. The second kappa shape index (κ2) is 6.36. The zero-order valence-electron chi connectivity index (χ0n) is 13.8. The molecule has 0 spiro atoms. The lowest BCUT2D eigenvalue weighted by molar-refractivity contribution is 0.302. The van der Waals surface area contributed by atoms with Crippen LogP contribution in [0, 0.1) is 0 Å². The van der Waals surface area contributed by atoms with Gasteiger partial charge in [0.2, 0.25) is 0 Å². The Labute approximate surface area is 141 Å². The minimum absolute atomic E-state index is 0.478. The Morgan fingerprint density at radius 2 is 1.88 bits per heavy atom. The van der Waals surface area contributed by atoms with Crippen LogP contribution >= 0.6 is 0 Å². The van der Waals surface area contributed by atoms with E-state index in [2.05, 4.69) is 53.0 Å². The quantitative estimate of drug-likeness (QED) is 0.507. The van der Waals surface area contributed by atoms with Crippen LogP contribution in [0.25, 0.3) is 21.8 Å². The summed E-state index contributed by atoms with van der Waals surface area (Å²) in [5, 5.41) is 2.37. The van der Waals surface area contributed by atoms with Gasteiger partial charge in [-0.15, -0.1) is 0 Å². The minimum Gasteiger partial charge on any atom is -0.487 e. The predicted octanol–water partition coefficient (Wildman–Crippen LogP) is 5.18. The number of rotatable bonds is 5. The SMILES string of the molecule is CCCn1ccc2cc(OCc3ccc4ccccc4n3)ccc21. The molecule has 0 bridgehead atoms. The molecule has 0 aliphatic carbocycles. The number of pyridine rings is 1. The topological polar surface area (TPSA) is 27.1 Å². The van der Waals surface area contributed by atoms with Crippen molar-refractivity contribution >= 4 is 21.8 Å². The molecule has 0 amide bonds. The van der Waals surface area contributed by atoms with Gasteiger partial charge in [0.05, 0.1) is 11.2 Å². The molecule has 3 nitrogen and oxygen atoms in total. The molecule has 2 heterocycles. The Balaban J connectivity index is 1.53. The van der Waals surface area contributed by atoms with E-state index in [-0.39, 0.29) is 0 Å². The summed E-state index contributed by atoms with van der Waals surface area (Å²) < 4.78 is 8.23. The Hall–Kier alpha value is -2.81. The van der Waals surface area contributed by atoms with Crippen LogP contribution in [0.15, 0.2) is 66.9 Å². The number of aryl methyl sites for hydroxylation is 1. The van der Waals surface area contributed by atoms with Crippen LogP contribution in [-0.4, -0.2) is 9.55 Å². The first-order valence-electron chi connectivity index (χ1n) is 8.40. The van der Waals surface area contributed by atoms with Gasteiger partial charge in [-0.05, 0) is 42.8 Å². The van der Waals surface area contributed by atoms with Crippen LogP contribution in [0.4, 0.5) is 0 Å². The van der Waals surface area contributed by atoms with E-state index < -0.39 is 0 Å². The lowest BCUT2D eigenvalue weighted by atomic mass is 10.2. The Kier molecular flexibility index (Phi) is 3.91. The summed E-state index contributed by atoms with van der Waals surface area (Å²) in [5.41, 5.74) is 3.20. The van der Waals surface area contributed by atoms with Crippen molar-refractivity contribution in [1.29, 1.82) is 0 Å². The molecule has 0 aliphatic heterocycles. The second-order valence-corrected chi connectivity index (χ2v) is 6.01. The average molecular weight is 316 g/mol. The predicted molar refractivity (Wildman–Crippen MR) is 98.3 cm³/mol. The highest BCUT2D eigenvalue weighted by atomic mass is 16.5. The molecule has 2 aromatic heterocycles.